The molecule has 0 atom stereocenters. The minimum atomic E-state index is -2.99. The molecule has 0 fully saturated rings. The number of nitrogens with zero attached hydrogens (tertiary/aromatic N) is 2. The molecule has 3 aromatic rings. The molecular formula is C19H18F2N4O3. The third-order valence-corrected chi connectivity index (χ3v) is 3.87. The van der Waals surface area contributed by atoms with Crippen LogP contribution in [0.3, 0.4) is 0 Å². The van der Waals surface area contributed by atoms with Gasteiger partial charge in [-0.05, 0) is 31.3 Å². The van der Waals surface area contributed by atoms with E-state index in [1.54, 1.807) is 42.3 Å². The van der Waals surface area contributed by atoms with Crippen molar-refractivity contribution in [3.05, 3.63) is 64.7 Å². The van der Waals surface area contributed by atoms with E-state index in [1.807, 2.05) is 0 Å². The third-order valence-electron chi connectivity index (χ3n) is 3.87. The number of rotatable bonds is 7. The largest absolute Gasteiger partial charge is 0.433 e. The number of fused-ring (bicyclic) bond motifs is 1. The summed E-state index contributed by atoms with van der Waals surface area (Å²) in [5, 5.41) is 3.03. The van der Waals surface area contributed by atoms with E-state index in [0.717, 1.165) is 0 Å². The second kappa shape index (κ2) is 8.57. The number of likely N-dealkylation sites (N-methyl/N-ethyl adjacent to an activating group) is 1. The van der Waals surface area contributed by atoms with Crippen molar-refractivity contribution in [3.8, 4) is 5.75 Å². The molecule has 0 saturated heterocycles. The van der Waals surface area contributed by atoms with Crippen LogP contribution in [0.2, 0.25) is 0 Å². The van der Waals surface area contributed by atoms with Crippen molar-refractivity contribution in [1.29, 1.82) is 0 Å². The van der Waals surface area contributed by atoms with E-state index in [2.05, 4.69) is 20.0 Å². The Labute approximate surface area is 159 Å². The van der Waals surface area contributed by atoms with Gasteiger partial charge in [-0.15, -0.1) is 0 Å². The summed E-state index contributed by atoms with van der Waals surface area (Å²) in [4.78, 5) is 33.1. The molecule has 0 bridgehead atoms. The smallest absolute Gasteiger partial charge is 0.387 e. The molecule has 0 radical (unpaired) electrons. The SMILES string of the molecule is CN(CC(=O)Nc1ccccc1OC(F)F)Cc1nc2ccccc2c(=O)[nH]1. The molecule has 0 unspecified atom stereocenters. The molecule has 2 N–H and O–H groups in total. The Morgan fingerprint density at radius 1 is 1.21 bits per heavy atom. The summed E-state index contributed by atoms with van der Waals surface area (Å²) in [6.07, 6.45) is 0. The molecule has 1 amide bonds. The molecule has 3 rings (SSSR count). The van der Waals surface area contributed by atoms with Crippen molar-refractivity contribution >= 4 is 22.5 Å². The number of alkyl halides is 2. The van der Waals surface area contributed by atoms with Crippen molar-refractivity contribution in [2.75, 3.05) is 18.9 Å². The van der Waals surface area contributed by atoms with Gasteiger partial charge in [-0.3, -0.25) is 14.5 Å². The van der Waals surface area contributed by atoms with Crippen molar-refractivity contribution in [3.63, 3.8) is 0 Å². The number of hydrogen-bond donors (Lipinski definition) is 2. The number of anilines is 1. The van der Waals surface area contributed by atoms with Crippen molar-refractivity contribution in [2.24, 2.45) is 0 Å². The number of amides is 1. The van der Waals surface area contributed by atoms with Gasteiger partial charge in [0.25, 0.3) is 5.56 Å². The van der Waals surface area contributed by atoms with Crippen LogP contribution in [0.5, 0.6) is 5.75 Å². The first-order valence-corrected chi connectivity index (χ1v) is 8.42. The Morgan fingerprint density at radius 3 is 2.71 bits per heavy atom. The van der Waals surface area contributed by atoms with Crippen LogP contribution in [0.15, 0.2) is 53.3 Å². The topological polar surface area (TPSA) is 87.3 Å². The fourth-order valence-electron chi connectivity index (χ4n) is 2.72. The van der Waals surface area contributed by atoms with Crippen molar-refractivity contribution in [2.45, 2.75) is 13.2 Å². The van der Waals surface area contributed by atoms with E-state index in [9.17, 15) is 18.4 Å². The van der Waals surface area contributed by atoms with Crippen molar-refractivity contribution in [1.82, 2.24) is 14.9 Å². The van der Waals surface area contributed by atoms with Gasteiger partial charge in [0.2, 0.25) is 5.91 Å². The van der Waals surface area contributed by atoms with E-state index in [0.29, 0.717) is 16.7 Å². The zero-order chi connectivity index (χ0) is 20.1. The highest BCUT2D eigenvalue weighted by Crippen LogP contribution is 2.25. The lowest BCUT2D eigenvalue weighted by atomic mass is 10.2. The number of carbonyl (C=O) groups is 1. The van der Waals surface area contributed by atoms with Crippen LogP contribution in [0.4, 0.5) is 14.5 Å². The van der Waals surface area contributed by atoms with Gasteiger partial charge in [-0.1, -0.05) is 24.3 Å². The molecule has 7 nitrogen and oxygen atoms in total. The first-order chi connectivity index (χ1) is 13.4. The predicted molar refractivity (Wildman–Crippen MR) is 100 cm³/mol. The molecule has 1 aromatic heterocycles. The monoisotopic (exact) mass is 388 g/mol. The summed E-state index contributed by atoms with van der Waals surface area (Å²) in [5.74, 6) is -0.120. The van der Waals surface area contributed by atoms with Gasteiger partial charge in [-0.2, -0.15) is 8.78 Å². The average Bonchev–Trinajstić information content (AvgIpc) is 2.63. The Hall–Kier alpha value is -3.33. The third kappa shape index (κ3) is 4.89. The van der Waals surface area contributed by atoms with Crippen LogP contribution < -0.4 is 15.6 Å². The van der Waals surface area contributed by atoms with Gasteiger partial charge in [0.15, 0.2) is 0 Å². The van der Waals surface area contributed by atoms with Gasteiger partial charge in [0, 0.05) is 0 Å². The lowest BCUT2D eigenvalue weighted by molar-refractivity contribution is -0.117. The summed E-state index contributed by atoms with van der Waals surface area (Å²) >= 11 is 0. The Bertz CT molecular complexity index is 1040. The highest BCUT2D eigenvalue weighted by atomic mass is 19.3. The Morgan fingerprint density at radius 2 is 1.93 bits per heavy atom. The Balaban J connectivity index is 1.65. The minimum absolute atomic E-state index is 0.0421. The highest BCUT2D eigenvalue weighted by molar-refractivity contribution is 5.93. The normalized spacial score (nSPS) is 11.2. The number of para-hydroxylation sites is 3. The number of H-pyrrole nitrogens is 1. The van der Waals surface area contributed by atoms with Crippen LogP contribution in [-0.2, 0) is 11.3 Å². The highest BCUT2D eigenvalue weighted by Gasteiger charge is 2.14. The average molecular weight is 388 g/mol. The molecule has 0 saturated carbocycles. The Kier molecular flexibility index (Phi) is 5.95. The first-order valence-electron chi connectivity index (χ1n) is 8.42. The minimum Gasteiger partial charge on any atom is -0.433 e. The van der Waals surface area contributed by atoms with Crippen LogP contribution in [0, 0.1) is 0 Å². The molecule has 0 spiro atoms. The van der Waals surface area contributed by atoms with Crippen LogP contribution in [0.1, 0.15) is 5.82 Å². The number of carbonyl (C=O) groups excluding carboxylic acids is 1. The maximum absolute atomic E-state index is 12.5. The van der Waals surface area contributed by atoms with Crippen molar-refractivity contribution < 1.29 is 18.3 Å². The fraction of sp³-hybridized carbons (Fsp3) is 0.211. The summed E-state index contributed by atoms with van der Waals surface area (Å²) in [5.41, 5.74) is 0.465. The van der Waals surface area contributed by atoms with E-state index < -0.39 is 12.5 Å². The second-order valence-electron chi connectivity index (χ2n) is 6.12. The number of aromatic amines is 1. The van der Waals surface area contributed by atoms with Crippen LogP contribution >= 0.6 is 0 Å². The van der Waals surface area contributed by atoms with E-state index >= 15 is 0 Å². The maximum Gasteiger partial charge on any atom is 0.387 e. The number of halogens is 2. The lowest BCUT2D eigenvalue weighted by Crippen LogP contribution is -2.31. The predicted octanol–water partition coefficient (Wildman–Crippen LogP) is 2.59. The zero-order valence-electron chi connectivity index (χ0n) is 15.0. The van der Waals surface area contributed by atoms with E-state index in [-0.39, 0.29) is 30.1 Å². The van der Waals surface area contributed by atoms with E-state index in [1.165, 1.54) is 18.2 Å². The molecule has 0 aliphatic rings. The molecule has 146 valence electrons. The van der Waals surface area contributed by atoms with Gasteiger partial charge < -0.3 is 15.0 Å². The van der Waals surface area contributed by atoms with Crippen LogP contribution in [0.25, 0.3) is 10.9 Å². The van der Waals surface area contributed by atoms with Gasteiger partial charge >= 0.3 is 6.61 Å². The number of aromatic nitrogens is 2. The summed E-state index contributed by atoms with van der Waals surface area (Å²) in [6, 6.07) is 12.9. The first kappa shape index (κ1) is 19.4. The summed E-state index contributed by atoms with van der Waals surface area (Å²) in [7, 11) is 1.68. The second-order valence-corrected chi connectivity index (χ2v) is 6.12. The van der Waals surface area contributed by atoms with Gasteiger partial charge in [-0.25, -0.2) is 4.98 Å². The molecule has 0 aliphatic heterocycles. The number of hydrogen-bond acceptors (Lipinski definition) is 5. The maximum atomic E-state index is 12.5. The van der Waals surface area contributed by atoms with Gasteiger partial charge in [0.1, 0.15) is 11.6 Å². The van der Waals surface area contributed by atoms with Gasteiger partial charge in [0.05, 0.1) is 29.7 Å². The number of nitrogens with one attached hydrogen (secondary N) is 2. The summed E-state index contributed by atoms with van der Waals surface area (Å²) in [6.45, 7) is -2.81. The number of ether oxygens (including phenoxy) is 1. The van der Waals surface area contributed by atoms with E-state index in [4.69, 9.17) is 0 Å². The quantitative estimate of drug-likeness (QED) is 0.650. The summed E-state index contributed by atoms with van der Waals surface area (Å²) < 4.78 is 29.3. The lowest BCUT2D eigenvalue weighted by Gasteiger charge is -2.17. The standard InChI is InChI=1S/C19H18F2N4O3/c1-25(10-16-22-13-7-3-2-6-12(13)18(27)24-16)11-17(26)23-14-8-4-5-9-15(14)28-19(20)21/h2-9,19H,10-11H2,1H3,(H,23,26)(H,22,24,27). The zero-order valence-corrected chi connectivity index (χ0v) is 15.0. The number of benzene rings is 2. The molecule has 2 aromatic carbocycles. The van der Waals surface area contributed by atoms with Crippen LogP contribution in [-0.4, -0.2) is 41.0 Å². The fourth-order valence-corrected chi connectivity index (χ4v) is 2.72. The molecule has 9 heteroatoms. The molecular weight excluding hydrogens is 370 g/mol. The molecule has 28 heavy (non-hydrogen) atoms. The molecule has 1 heterocycles. The molecule has 0 aliphatic carbocycles.